The summed E-state index contributed by atoms with van der Waals surface area (Å²) in [6.07, 6.45) is 1.30. The fourth-order valence-electron chi connectivity index (χ4n) is 3.02. The Hall–Kier alpha value is -2.89. The molecule has 0 aliphatic carbocycles. The molecular formula is C22H28FN3O2. The number of carbonyl (C=O) groups excluding carboxylic acids is 2. The van der Waals surface area contributed by atoms with Crippen molar-refractivity contribution in [3.63, 3.8) is 0 Å². The van der Waals surface area contributed by atoms with Crippen LogP contribution in [0.3, 0.4) is 0 Å². The molecule has 0 spiro atoms. The largest absolute Gasteiger partial charge is 0.348 e. The van der Waals surface area contributed by atoms with Crippen LogP contribution in [0.15, 0.2) is 48.5 Å². The molecule has 3 amide bonds. The number of halogens is 1. The molecular weight excluding hydrogens is 357 g/mol. The van der Waals surface area contributed by atoms with Gasteiger partial charge in [0.2, 0.25) is 5.91 Å². The number of aryl methyl sites for hydroxylation is 1. The van der Waals surface area contributed by atoms with Crippen molar-refractivity contribution in [1.82, 2.24) is 16.0 Å². The molecule has 0 fully saturated rings. The van der Waals surface area contributed by atoms with Crippen molar-refractivity contribution >= 4 is 11.9 Å². The highest BCUT2D eigenvalue weighted by Crippen LogP contribution is 2.17. The molecule has 2 aromatic carbocycles. The van der Waals surface area contributed by atoms with Crippen molar-refractivity contribution in [3.8, 4) is 0 Å². The molecule has 6 heteroatoms. The summed E-state index contributed by atoms with van der Waals surface area (Å²) < 4.78 is 12.9. The lowest BCUT2D eigenvalue weighted by Crippen LogP contribution is -2.50. The number of urea groups is 1. The average Bonchev–Trinajstić information content (AvgIpc) is 2.67. The summed E-state index contributed by atoms with van der Waals surface area (Å²) in [6.45, 7) is 6.15. The van der Waals surface area contributed by atoms with Crippen LogP contribution in [0, 0.1) is 12.7 Å². The number of carbonyl (C=O) groups is 2. The van der Waals surface area contributed by atoms with E-state index in [-0.39, 0.29) is 24.3 Å². The minimum Gasteiger partial charge on any atom is -0.348 e. The van der Waals surface area contributed by atoms with Crippen LogP contribution in [0.5, 0.6) is 0 Å². The summed E-state index contributed by atoms with van der Waals surface area (Å²) in [4.78, 5) is 24.9. The van der Waals surface area contributed by atoms with E-state index in [2.05, 4.69) is 16.0 Å². The van der Waals surface area contributed by atoms with Crippen LogP contribution in [0.25, 0.3) is 0 Å². The summed E-state index contributed by atoms with van der Waals surface area (Å²) in [5.74, 6) is -0.537. The van der Waals surface area contributed by atoms with Crippen molar-refractivity contribution < 1.29 is 14.0 Å². The Morgan fingerprint density at radius 1 is 1.04 bits per heavy atom. The Bertz CT molecular complexity index is 793. The van der Waals surface area contributed by atoms with E-state index >= 15 is 0 Å². The van der Waals surface area contributed by atoms with E-state index < -0.39 is 12.1 Å². The lowest BCUT2D eigenvalue weighted by Gasteiger charge is -2.22. The molecule has 0 bridgehead atoms. The first-order valence-electron chi connectivity index (χ1n) is 9.55. The van der Waals surface area contributed by atoms with Crippen LogP contribution in [0.2, 0.25) is 0 Å². The Kier molecular flexibility index (Phi) is 7.99. The second-order valence-electron chi connectivity index (χ2n) is 6.88. The van der Waals surface area contributed by atoms with Gasteiger partial charge in [-0.3, -0.25) is 4.79 Å². The van der Waals surface area contributed by atoms with E-state index in [9.17, 15) is 14.0 Å². The molecule has 2 aromatic rings. The molecule has 2 atom stereocenters. The van der Waals surface area contributed by atoms with Gasteiger partial charge in [-0.05, 0) is 49.1 Å². The van der Waals surface area contributed by atoms with Gasteiger partial charge in [0.05, 0.1) is 6.04 Å². The van der Waals surface area contributed by atoms with Gasteiger partial charge in [0, 0.05) is 6.54 Å². The van der Waals surface area contributed by atoms with E-state index in [1.807, 2.05) is 45.0 Å². The van der Waals surface area contributed by atoms with Gasteiger partial charge in [-0.2, -0.15) is 0 Å². The van der Waals surface area contributed by atoms with Crippen molar-refractivity contribution in [2.24, 2.45) is 0 Å². The van der Waals surface area contributed by atoms with Crippen molar-refractivity contribution in [2.45, 2.75) is 52.2 Å². The SMILES string of the molecule is CCC[C@@H](NC(=O)NCc1ccc(F)cc1)C(=O)N[C@H](C)c1ccccc1C. The van der Waals surface area contributed by atoms with E-state index in [1.54, 1.807) is 12.1 Å². The van der Waals surface area contributed by atoms with Crippen LogP contribution in [-0.4, -0.2) is 18.0 Å². The van der Waals surface area contributed by atoms with Gasteiger partial charge in [-0.15, -0.1) is 0 Å². The van der Waals surface area contributed by atoms with Crippen molar-refractivity contribution in [2.75, 3.05) is 0 Å². The highest BCUT2D eigenvalue weighted by molar-refractivity contribution is 5.87. The minimum absolute atomic E-state index is 0.155. The topological polar surface area (TPSA) is 70.2 Å². The fourth-order valence-corrected chi connectivity index (χ4v) is 3.02. The van der Waals surface area contributed by atoms with Gasteiger partial charge in [0.15, 0.2) is 0 Å². The molecule has 5 nitrogen and oxygen atoms in total. The second-order valence-corrected chi connectivity index (χ2v) is 6.88. The smallest absolute Gasteiger partial charge is 0.315 e. The summed E-state index contributed by atoms with van der Waals surface area (Å²) in [5.41, 5.74) is 2.93. The molecule has 28 heavy (non-hydrogen) atoms. The van der Waals surface area contributed by atoms with Gasteiger partial charge in [0.25, 0.3) is 0 Å². The third-order valence-electron chi connectivity index (χ3n) is 4.58. The lowest BCUT2D eigenvalue weighted by molar-refractivity contribution is -0.123. The van der Waals surface area contributed by atoms with Gasteiger partial charge >= 0.3 is 6.03 Å². The Balaban J connectivity index is 1.91. The molecule has 0 radical (unpaired) electrons. The zero-order chi connectivity index (χ0) is 20.5. The summed E-state index contributed by atoms with van der Waals surface area (Å²) in [6, 6.07) is 12.6. The van der Waals surface area contributed by atoms with E-state index in [0.29, 0.717) is 6.42 Å². The summed E-state index contributed by atoms with van der Waals surface area (Å²) in [5, 5.41) is 8.42. The second kappa shape index (κ2) is 10.4. The number of amides is 3. The zero-order valence-corrected chi connectivity index (χ0v) is 16.6. The monoisotopic (exact) mass is 385 g/mol. The predicted molar refractivity (Wildman–Crippen MR) is 108 cm³/mol. The van der Waals surface area contributed by atoms with E-state index in [0.717, 1.165) is 23.1 Å². The Labute approximate surface area is 165 Å². The lowest BCUT2D eigenvalue weighted by atomic mass is 10.0. The van der Waals surface area contributed by atoms with Crippen LogP contribution in [0.4, 0.5) is 9.18 Å². The van der Waals surface area contributed by atoms with E-state index in [4.69, 9.17) is 0 Å². The summed E-state index contributed by atoms with van der Waals surface area (Å²) in [7, 11) is 0. The number of hydrogen-bond donors (Lipinski definition) is 3. The maximum absolute atomic E-state index is 12.9. The van der Waals surface area contributed by atoms with Crippen molar-refractivity contribution in [3.05, 3.63) is 71.0 Å². The number of rotatable bonds is 8. The van der Waals surface area contributed by atoms with Crippen LogP contribution >= 0.6 is 0 Å². The first-order valence-corrected chi connectivity index (χ1v) is 9.55. The number of hydrogen-bond acceptors (Lipinski definition) is 2. The number of benzene rings is 2. The normalized spacial score (nSPS) is 12.7. The molecule has 0 saturated heterocycles. The third-order valence-corrected chi connectivity index (χ3v) is 4.58. The first kappa shape index (κ1) is 21.4. The van der Waals surface area contributed by atoms with Gasteiger partial charge < -0.3 is 16.0 Å². The Morgan fingerprint density at radius 2 is 1.71 bits per heavy atom. The number of nitrogens with one attached hydrogen (secondary N) is 3. The molecule has 3 N–H and O–H groups in total. The molecule has 150 valence electrons. The molecule has 0 saturated carbocycles. The van der Waals surface area contributed by atoms with Crippen molar-refractivity contribution in [1.29, 1.82) is 0 Å². The quantitative estimate of drug-likeness (QED) is 0.643. The molecule has 0 aromatic heterocycles. The molecule has 0 aliphatic heterocycles. The minimum atomic E-state index is -0.621. The standard InChI is InChI=1S/C22H28FN3O2/c1-4-7-20(21(27)25-16(3)19-9-6-5-8-15(19)2)26-22(28)24-14-17-10-12-18(23)13-11-17/h5-6,8-13,16,20H,4,7,14H2,1-3H3,(H,25,27)(H2,24,26,28)/t16-,20-/m1/s1. The maximum atomic E-state index is 12.9. The average molecular weight is 385 g/mol. The maximum Gasteiger partial charge on any atom is 0.315 e. The molecule has 2 rings (SSSR count). The van der Waals surface area contributed by atoms with E-state index in [1.165, 1.54) is 12.1 Å². The highest BCUT2D eigenvalue weighted by Gasteiger charge is 2.22. The van der Waals surface area contributed by atoms with Crippen LogP contribution in [-0.2, 0) is 11.3 Å². The fraction of sp³-hybridized carbons (Fsp3) is 0.364. The van der Waals surface area contributed by atoms with Gasteiger partial charge in [0.1, 0.15) is 11.9 Å². The van der Waals surface area contributed by atoms with Gasteiger partial charge in [-0.25, -0.2) is 9.18 Å². The Morgan fingerprint density at radius 3 is 2.36 bits per heavy atom. The van der Waals surface area contributed by atoms with Gasteiger partial charge in [-0.1, -0.05) is 49.7 Å². The first-order chi connectivity index (χ1) is 13.4. The van der Waals surface area contributed by atoms with Crippen LogP contribution < -0.4 is 16.0 Å². The molecule has 0 unspecified atom stereocenters. The molecule has 0 aliphatic rings. The summed E-state index contributed by atoms with van der Waals surface area (Å²) >= 11 is 0. The van der Waals surface area contributed by atoms with Crippen LogP contribution in [0.1, 0.15) is 49.4 Å². The third kappa shape index (κ3) is 6.37. The zero-order valence-electron chi connectivity index (χ0n) is 16.6. The highest BCUT2D eigenvalue weighted by atomic mass is 19.1. The predicted octanol–water partition coefficient (Wildman–Crippen LogP) is 3.98. The molecule has 0 heterocycles.